The molecule has 142 valence electrons. The average Bonchev–Trinajstić information content (AvgIpc) is 3.21. The maximum absolute atomic E-state index is 12.7. The summed E-state index contributed by atoms with van der Waals surface area (Å²) in [5, 5.41) is 5.41. The number of carbonyl (C=O) groups excluding carboxylic acids is 2. The van der Waals surface area contributed by atoms with E-state index in [-0.39, 0.29) is 11.6 Å². The Hall–Kier alpha value is -3.80. The SMILES string of the molecule is COc1ccc(NC(=O)/C(=C\c2ccco2)NC(=O)c2ccc(C)cc2)cc1. The zero-order valence-corrected chi connectivity index (χ0v) is 15.6. The number of nitrogens with one attached hydrogen (secondary N) is 2. The molecule has 0 aliphatic heterocycles. The van der Waals surface area contributed by atoms with Gasteiger partial charge in [-0.15, -0.1) is 0 Å². The van der Waals surface area contributed by atoms with E-state index in [2.05, 4.69) is 10.6 Å². The molecule has 0 saturated heterocycles. The van der Waals surface area contributed by atoms with Gasteiger partial charge in [0.2, 0.25) is 0 Å². The molecule has 0 saturated carbocycles. The van der Waals surface area contributed by atoms with Gasteiger partial charge in [0.1, 0.15) is 17.2 Å². The molecule has 0 aliphatic carbocycles. The molecule has 6 nitrogen and oxygen atoms in total. The molecule has 1 heterocycles. The van der Waals surface area contributed by atoms with Crippen LogP contribution in [-0.4, -0.2) is 18.9 Å². The van der Waals surface area contributed by atoms with Gasteiger partial charge in [-0.2, -0.15) is 0 Å². The molecule has 3 aromatic rings. The quantitative estimate of drug-likeness (QED) is 0.637. The molecule has 1 aromatic heterocycles. The highest BCUT2D eigenvalue weighted by Gasteiger charge is 2.15. The minimum absolute atomic E-state index is 0.0661. The van der Waals surface area contributed by atoms with Gasteiger partial charge in [0, 0.05) is 17.3 Å². The van der Waals surface area contributed by atoms with E-state index in [0.29, 0.717) is 22.8 Å². The number of benzene rings is 2. The highest BCUT2D eigenvalue weighted by molar-refractivity contribution is 6.10. The first-order valence-electron chi connectivity index (χ1n) is 8.64. The van der Waals surface area contributed by atoms with E-state index in [1.54, 1.807) is 55.6 Å². The molecule has 28 heavy (non-hydrogen) atoms. The first-order chi connectivity index (χ1) is 13.5. The predicted molar refractivity (Wildman–Crippen MR) is 107 cm³/mol. The normalized spacial score (nSPS) is 11.0. The number of methoxy groups -OCH3 is 1. The third kappa shape index (κ3) is 4.88. The van der Waals surface area contributed by atoms with Crippen molar-refractivity contribution in [3.8, 4) is 5.75 Å². The van der Waals surface area contributed by atoms with E-state index in [4.69, 9.17) is 9.15 Å². The summed E-state index contributed by atoms with van der Waals surface area (Å²) in [6.45, 7) is 1.94. The molecule has 2 N–H and O–H groups in total. The number of carbonyl (C=O) groups is 2. The zero-order chi connectivity index (χ0) is 19.9. The third-order valence-corrected chi connectivity index (χ3v) is 3.98. The Bertz CT molecular complexity index is 972. The van der Waals surface area contributed by atoms with E-state index in [1.807, 2.05) is 19.1 Å². The molecule has 0 spiro atoms. The van der Waals surface area contributed by atoms with Gasteiger partial charge in [0.25, 0.3) is 11.8 Å². The highest BCUT2D eigenvalue weighted by atomic mass is 16.5. The Balaban J connectivity index is 1.80. The molecule has 0 bridgehead atoms. The lowest BCUT2D eigenvalue weighted by Gasteiger charge is -2.11. The number of hydrogen-bond donors (Lipinski definition) is 2. The van der Waals surface area contributed by atoms with E-state index in [1.165, 1.54) is 12.3 Å². The summed E-state index contributed by atoms with van der Waals surface area (Å²) in [5.74, 6) is 0.269. The van der Waals surface area contributed by atoms with Gasteiger partial charge in [-0.25, -0.2) is 0 Å². The number of rotatable bonds is 6. The molecule has 2 amide bonds. The van der Waals surface area contributed by atoms with Crippen molar-refractivity contribution in [3.63, 3.8) is 0 Å². The first kappa shape index (κ1) is 19.0. The Morgan fingerprint density at radius 3 is 2.32 bits per heavy atom. The lowest BCUT2D eigenvalue weighted by molar-refractivity contribution is -0.113. The standard InChI is InChI=1S/C22H20N2O4/c1-15-5-7-16(8-6-15)21(25)24-20(14-19-4-3-13-28-19)22(26)23-17-9-11-18(27-2)12-10-17/h3-14H,1-2H3,(H,23,26)(H,24,25)/b20-14+. The van der Waals surface area contributed by atoms with Gasteiger partial charge in [0.05, 0.1) is 13.4 Å². The minimum atomic E-state index is -0.470. The van der Waals surface area contributed by atoms with Crippen LogP contribution in [0.25, 0.3) is 6.08 Å². The van der Waals surface area contributed by atoms with Crippen molar-refractivity contribution in [3.05, 3.63) is 89.5 Å². The molecule has 0 fully saturated rings. The largest absolute Gasteiger partial charge is 0.497 e. The Kier molecular flexibility index (Phi) is 5.91. The van der Waals surface area contributed by atoms with Crippen LogP contribution in [-0.2, 0) is 4.79 Å². The predicted octanol–water partition coefficient (Wildman–Crippen LogP) is 4.01. The van der Waals surface area contributed by atoms with E-state index in [9.17, 15) is 9.59 Å². The number of ether oxygens (including phenoxy) is 1. The van der Waals surface area contributed by atoms with Crippen LogP contribution in [0.2, 0.25) is 0 Å². The van der Waals surface area contributed by atoms with Crippen LogP contribution in [0.3, 0.4) is 0 Å². The van der Waals surface area contributed by atoms with Crippen LogP contribution in [0.1, 0.15) is 21.7 Å². The molecular formula is C22H20N2O4. The summed E-state index contributed by atoms with van der Waals surface area (Å²) in [7, 11) is 1.57. The van der Waals surface area contributed by atoms with Crippen molar-refractivity contribution in [2.45, 2.75) is 6.92 Å². The van der Waals surface area contributed by atoms with Crippen LogP contribution in [0, 0.1) is 6.92 Å². The minimum Gasteiger partial charge on any atom is -0.497 e. The van der Waals surface area contributed by atoms with Crippen LogP contribution in [0.15, 0.2) is 77.0 Å². The summed E-state index contributed by atoms with van der Waals surface area (Å²) in [5.41, 5.74) is 2.13. The topological polar surface area (TPSA) is 80.6 Å². The zero-order valence-electron chi connectivity index (χ0n) is 15.6. The van der Waals surface area contributed by atoms with Gasteiger partial charge >= 0.3 is 0 Å². The van der Waals surface area contributed by atoms with Crippen molar-refractivity contribution in [2.24, 2.45) is 0 Å². The Labute approximate surface area is 162 Å². The summed E-state index contributed by atoms with van der Waals surface area (Å²) in [6.07, 6.45) is 2.97. The van der Waals surface area contributed by atoms with Gasteiger partial charge in [-0.3, -0.25) is 9.59 Å². The van der Waals surface area contributed by atoms with Crippen molar-refractivity contribution in [1.29, 1.82) is 0 Å². The summed E-state index contributed by atoms with van der Waals surface area (Å²) in [6, 6.07) is 17.4. The van der Waals surface area contributed by atoms with Crippen molar-refractivity contribution < 1.29 is 18.7 Å². The summed E-state index contributed by atoms with van der Waals surface area (Å²) < 4.78 is 10.4. The average molecular weight is 376 g/mol. The van der Waals surface area contributed by atoms with Crippen molar-refractivity contribution >= 4 is 23.6 Å². The molecule has 3 rings (SSSR count). The molecule has 0 radical (unpaired) electrons. The number of furan rings is 1. The molecule has 0 unspecified atom stereocenters. The fourth-order valence-electron chi connectivity index (χ4n) is 2.45. The van der Waals surface area contributed by atoms with Gasteiger partial charge in [-0.05, 0) is 55.5 Å². The van der Waals surface area contributed by atoms with Crippen molar-refractivity contribution in [2.75, 3.05) is 12.4 Å². The van der Waals surface area contributed by atoms with Gasteiger partial charge in [0.15, 0.2) is 0 Å². The van der Waals surface area contributed by atoms with Crippen molar-refractivity contribution in [1.82, 2.24) is 5.32 Å². The number of amides is 2. The fourth-order valence-corrected chi connectivity index (χ4v) is 2.45. The van der Waals surface area contributed by atoms with E-state index in [0.717, 1.165) is 5.56 Å². The van der Waals surface area contributed by atoms with E-state index >= 15 is 0 Å². The maximum atomic E-state index is 12.7. The third-order valence-electron chi connectivity index (χ3n) is 3.98. The van der Waals surface area contributed by atoms with Crippen LogP contribution in [0.4, 0.5) is 5.69 Å². The maximum Gasteiger partial charge on any atom is 0.272 e. The highest BCUT2D eigenvalue weighted by Crippen LogP contribution is 2.16. The smallest absolute Gasteiger partial charge is 0.272 e. The van der Waals surface area contributed by atoms with Crippen LogP contribution in [0.5, 0.6) is 5.75 Å². The second-order valence-corrected chi connectivity index (χ2v) is 6.08. The van der Waals surface area contributed by atoms with Crippen LogP contribution >= 0.6 is 0 Å². The Morgan fingerprint density at radius 1 is 1.00 bits per heavy atom. The molecular weight excluding hydrogens is 356 g/mol. The molecule has 6 heteroatoms. The van der Waals surface area contributed by atoms with E-state index < -0.39 is 5.91 Å². The van der Waals surface area contributed by atoms with Gasteiger partial charge < -0.3 is 19.8 Å². The molecule has 0 aliphatic rings. The number of hydrogen-bond acceptors (Lipinski definition) is 4. The van der Waals surface area contributed by atoms with Gasteiger partial charge in [-0.1, -0.05) is 17.7 Å². The van der Waals surface area contributed by atoms with Crippen LogP contribution < -0.4 is 15.4 Å². The lowest BCUT2D eigenvalue weighted by atomic mass is 10.1. The summed E-state index contributed by atoms with van der Waals surface area (Å²) in [4.78, 5) is 25.3. The fraction of sp³-hybridized carbons (Fsp3) is 0.0909. The lowest BCUT2D eigenvalue weighted by Crippen LogP contribution is -2.30. The second kappa shape index (κ2) is 8.73. The number of anilines is 1. The molecule has 2 aromatic carbocycles. The first-order valence-corrected chi connectivity index (χ1v) is 8.64. The second-order valence-electron chi connectivity index (χ2n) is 6.08. The molecule has 0 atom stereocenters. The Morgan fingerprint density at radius 2 is 1.71 bits per heavy atom. The monoisotopic (exact) mass is 376 g/mol. The number of aryl methyl sites for hydroxylation is 1. The summed E-state index contributed by atoms with van der Waals surface area (Å²) >= 11 is 0.